The predicted octanol–water partition coefficient (Wildman–Crippen LogP) is 0.759. The van der Waals surface area contributed by atoms with Gasteiger partial charge >= 0.3 is 5.97 Å². The van der Waals surface area contributed by atoms with Crippen LogP contribution in [0, 0.1) is 0 Å². The quantitative estimate of drug-likeness (QED) is 0.518. The van der Waals surface area contributed by atoms with Crippen LogP contribution in [0.2, 0.25) is 0 Å². The molecule has 0 spiro atoms. The third-order valence-corrected chi connectivity index (χ3v) is 6.51. The fourth-order valence-corrected chi connectivity index (χ4v) is 4.40. The first-order valence-corrected chi connectivity index (χ1v) is 11.1. The molecule has 1 amide bonds. The molecule has 0 saturated heterocycles. The smallest absolute Gasteiger partial charge is 0.311 e. The van der Waals surface area contributed by atoms with Crippen LogP contribution >= 0.6 is 0 Å². The molecule has 0 saturated carbocycles. The lowest BCUT2D eigenvalue weighted by Gasteiger charge is -2.30. The summed E-state index contributed by atoms with van der Waals surface area (Å²) in [5.74, 6) is -1.71. The number of rotatable bonds is 5. The Morgan fingerprint density at radius 1 is 1.30 bits per heavy atom. The second kappa shape index (κ2) is 7.35. The number of esters is 1. The highest BCUT2D eigenvalue weighted by molar-refractivity contribution is 7.94. The van der Waals surface area contributed by atoms with E-state index in [9.17, 15) is 26.4 Å². The number of anilines is 2. The van der Waals surface area contributed by atoms with Crippen LogP contribution in [0.4, 0.5) is 16.2 Å². The maximum Gasteiger partial charge on any atom is 0.311 e. The van der Waals surface area contributed by atoms with Gasteiger partial charge in [-0.25, -0.2) is 16.8 Å². The fraction of sp³-hybridized carbons (Fsp3) is 0.333. The van der Waals surface area contributed by atoms with E-state index in [1.54, 1.807) is 6.92 Å². The third kappa shape index (κ3) is 4.33. The van der Waals surface area contributed by atoms with E-state index in [4.69, 9.17) is 12.6 Å². The predicted molar refractivity (Wildman–Crippen MR) is 99.8 cm³/mol. The maximum absolute atomic E-state index is 12.6. The van der Waals surface area contributed by atoms with Crippen molar-refractivity contribution in [2.24, 2.45) is 0 Å². The molecule has 1 aromatic carbocycles. The van der Waals surface area contributed by atoms with Gasteiger partial charge < -0.3 is 4.74 Å². The number of benzene rings is 1. The second-order valence-electron chi connectivity index (χ2n) is 5.69. The van der Waals surface area contributed by atoms with Crippen LogP contribution in [0.1, 0.15) is 13.3 Å². The zero-order chi connectivity index (χ0) is 20.6. The Bertz CT molecular complexity index is 1030. The number of sulfone groups is 1. The molecule has 27 heavy (non-hydrogen) atoms. The average molecular weight is 412 g/mol. The van der Waals surface area contributed by atoms with Gasteiger partial charge in [0.1, 0.15) is 0 Å². The molecule has 1 aliphatic rings. The summed E-state index contributed by atoms with van der Waals surface area (Å²) in [5, 5.41) is 0.751. The van der Waals surface area contributed by atoms with Crippen LogP contribution in [0.5, 0.6) is 0 Å². The molecule has 2 rings (SSSR count). The molecule has 0 atom stereocenters. The molecule has 9 nitrogen and oxygen atoms in total. The first kappa shape index (κ1) is 21.0. The van der Waals surface area contributed by atoms with Gasteiger partial charge in [-0.05, 0) is 25.1 Å². The number of amides is 1. The molecule has 0 aromatic heterocycles. The van der Waals surface area contributed by atoms with Crippen LogP contribution in [0.25, 0.3) is 0 Å². The molecule has 144 valence electrons. The monoisotopic (exact) mass is 412 g/mol. The van der Waals surface area contributed by atoms with E-state index in [-0.39, 0.29) is 28.6 Å². The molecule has 0 N–H and O–H groups in total. The first-order valence-electron chi connectivity index (χ1n) is 7.67. The zero-order valence-corrected chi connectivity index (χ0v) is 16.5. The Labute approximate surface area is 159 Å². The van der Waals surface area contributed by atoms with Crippen molar-refractivity contribution in [1.82, 2.24) is 0 Å². The number of carbonyl (C=O) groups excluding carboxylic acids is 2. The topological polar surface area (TPSA) is 118 Å². The highest BCUT2D eigenvalue weighted by atomic mass is 32.2. The minimum atomic E-state index is -4.06. The molecule has 1 heterocycles. The number of carbonyl (C=O) groups is 2. The lowest BCUT2D eigenvalue weighted by molar-refractivity contribution is -0.142. The number of nitrogens with zero attached hydrogens (tertiary/aromatic N) is 2. The maximum atomic E-state index is 12.6. The van der Waals surface area contributed by atoms with Crippen LogP contribution in [-0.4, -0.2) is 56.4 Å². The van der Waals surface area contributed by atoms with Gasteiger partial charge in [0.2, 0.25) is 27.7 Å². The van der Waals surface area contributed by atoms with Gasteiger partial charge in [-0.3, -0.25) is 18.8 Å². The minimum absolute atomic E-state index is 0.0741. The summed E-state index contributed by atoms with van der Waals surface area (Å²) in [7, 11) is -1.05. The summed E-state index contributed by atoms with van der Waals surface area (Å²) < 4.78 is 54.4. The normalized spacial score (nSPS) is 15.5. The van der Waals surface area contributed by atoms with Gasteiger partial charge in [0.05, 0.1) is 41.0 Å². The van der Waals surface area contributed by atoms with Crippen LogP contribution in [0.15, 0.2) is 34.2 Å². The van der Waals surface area contributed by atoms with E-state index >= 15 is 0 Å². The largest absolute Gasteiger partial charge is 0.466 e. The molecule has 1 aromatic rings. The summed E-state index contributed by atoms with van der Waals surface area (Å²) in [4.78, 5) is 24.2. The van der Waals surface area contributed by atoms with Gasteiger partial charge in [-0.2, -0.15) is 0 Å². The summed E-state index contributed by atoms with van der Waals surface area (Å²) in [6.07, 6.45) is 0.494. The molecule has 1 aliphatic heterocycles. The molecule has 0 bridgehead atoms. The average Bonchev–Trinajstić information content (AvgIpc) is 2.52. The molecule has 12 heteroatoms. The Morgan fingerprint density at radius 2 is 1.93 bits per heavy atom. The molecule has 0 unspecified atom stereocenters. The van der Waals surface area contributed by atoms with Crippen molar-refractivity contribution in [2.75, 3.05) is 29.1 Å². The molecule has 0 aliphatic carbocycles. The van der Waals surface area contributed by atoms with Crippen LogP contribution in [0.3, 0.4) is 0 Å². The van der Waals surface area contributed by atoms with Gasteiger partial charge in [0.25, 0.3) is 0 Å². The second-order valence-corrected chi connectivity index (χ2v) is 9.47. The van der Waals surface area contributed by atoms with Crippen molar-refractivity contribution in [3.63, 3.8) is 0 Å². The summed E-state index contributed by atoms with van der Waals surface area (Å²) in [6.45, 7) is 1.68. The van der Waals surface area contributed by atoms with E-state index in [1.165, 1.54) is 19.2 Å². The minimum Gasteiger partial charge on any atom is -0.466 e. The van der Waals surface area contributed by atoms with E-state index in [2.05, 4.69) is 0 Å². The molecular weight excluding hydrogens is 395 g/mol. The summed E-state index contributed by atoms with van der Waals surface area (Å²) >= 11 is 0. The lowest BCUT2D eigenvalue weighted by Crippen LogP contribution is -2.35. The Kier molecular flexibility index (Phi) is 5.71. The molecule has 0 fully saturated rings. The van der Waals surface area contributed by atoms with Gasteiger partial charge in [-0.15, -0.1) is 0 Å². The number of sulfonamides is 1. The fourth-order valence-electron chi connectivity index (χ4n) is 2.49. The molecular formula is C15H17BN2O7S2. The van der Waals surface area contributed by atoms with Crippen LogP contribution in [-0.2, 0) is 29.4 Å². The van der Waals surface area contributed by atoms with Crippen molar-refractivity contribution in [2.45, 2.75) is 18.2 Å². The van der Waals surface area contributed by atoms with Crippen molar-refractivity contribution < 1.29 is 31.2 Å². The Hall–Kier alpha value is -2.34. The molecule has 2 radical (unpaired) electrons. The van der Waals surface area contributed by atoms with Crippen molar-refractivity contribution in [1.29, 1.82) is 0 Å². The van der Waals surface area contributed by atoms with Crippen molar-refractivity contribution in [3.05, 3.63) is 29.3 Å². The van der Waals surface area contributed by atoms with E-state index < -0.39 is 38.1 Å². The third-order valence-electron chi connectivity index (χ3n) is 3.78. The van der Waals surface area contributed by atoms with E-state index in [0.29, 0.717) is 0 Å². The van der Waals surface area contributed by atoms with Gasteiger partial charge in [-0.1, -0.05) is 0 Å². The van der Waals surface area contributed by atoms with Gasteiger partial charge in [0, 0.05) is 12.7 Å². The standard InChI is InChI=1S/C15H17BN2O7S2/c1-4-25-14(19)8-11-9-27(23,24)13-7-10(17(2)26(3,21)22)5-6-12(13)18(11)15(16)20/h5-7,9H,4,8H2,1-3H3. The van der Waals surface area contributed by atoms with E-state index in [0.717, 1.165) is 26.9 Å². The highest BCUT2D eigenvalue weighted by Gasteiger charge is 2.33. The number of ether oxygens (including phenoxy) is 1. The zero-order valence-electron chi connectivity index (χ0n) is 14.9. The highest BCUT2D eigenvalue weighted by Crippen LogP contribution is 2.38. The van der Waals surface area contributed by atoms with E-state index in [1.807, 2.05) is 0 Å². The number of hydrogen-bond donors (Lipinski definition) is 0. The lowest BCUT2D eigenvalue weighted by atomic mass is 10.1. The Morgan fingerprint density at radius 3 is 2.44 bits per heavy atom. The number of hydrogen-bond acceptors (Lipinski definition) is 7. The van der Waals surface area contributed by atoms with Gasteiger partial charge in [0.15, 0.2) is 5.81 Å². The van der Waals surface area contributed by atoms with Crippen molar-refractivity contribution >= 4 is 50.9 Å². The van der Waals surface area contributed by atoms with Crippen LogP contribution < -0.4 is 9.21 Å². The Balaban J connectivity index is 2.61. The summed E-state index contributed by atoms with van der Waals surface area (Å²) in [5.41, 5.74) is -0.140. The number of fused-ring (bicyclic) bond motifs is 1. The SMILES string of the molecule is [B]C(=O)N1C(CC(=O)OCC)=CS(=O)(=O)c2cc(N(C)S(C)(=O)=O)ccc21. The van der Waals surface area contributed by atoms with Crippen molar-refractivity contribution in [3.8, 4) is 0 Å². The first-order chi connectivity index (χ1) is 12.4. The summed E-state index contributed by atoms with van der Waals surface area (Å²) in [6, 6.07) is 3.71.